The summed E-state index contributed by atoms with van der Waals surface area (Å²) in [6.45, 7) is 6.08. The molecule has 0 unspecified atom stereocenters. The second-order valence-electron chi connectivity index (χ2n) is 3.79. The number of aromatic nitrogens is 2. The maximum Gasteiger partial charge on any atom is 0.0720 e. The fourth-order valence-electron chi connectivity index (χ4n) is 1.41. The summed E-state index contributed by atoms with van der Waals surface area (Å²) in [6, 6.07) is 8.19. The van der Waals surface area contributed by atoms with Crippen molar-refractivity contribution in [3.05, 3.63) is 47.4 Å². The van der Waals surface area contributed by atoms with Gasteiger partial charge in [0.05, 0.1) is 5.69 Å². The summed E-state index contributed by atoms with van der Waals surface area (Å²) in [4.78, 5) is 8.80. The Morgan fingerprint density at radius 3 is 2.33 bits per heavy atom. The quantitative estimate of drug-likeness (QED) is 0.703. The zero-order chi connectivity index (χ0) is 10.8. The lowest BCUT2D eigenvalue weighted by Gasteiger charge is -2.04. The van der Waals surface area contributed by atoms with Gasteiger partial charge >= 0.3 is 0 Å². The van der Waals surface area contributed by atoms with Gasteiger partial charge in [-0.2, -0.15) is 0 Å². The normalized spacial score (nSPS) is 10.3. The first kappa shape index (κ1) is 9.84. The molecule has 0 spiro atoms. The lowest BCUT2D eigenvalue weighted by Crippen LogP contribution is -1.91. The predicted octanol–water partition coefficient (Wildman–Crippen LogP) is 3.07. The van der Waals surface area contributed by atoms with Gasteiger partial charge in [-0.3, -0.25) is 9.97 Å². The van der Waals surface area contributed by atoms with Crippen LogP contribution >= 0.6 is 0 Å². The maximum absolute atomic E-state index is 4.53. The molecule has 0 saturated heterocycles. The van der Waals surface area contributed by atoms with Crippen LogP contribution in [0.2, 0.25) is 0 Å². The number of hydrogen-bond donors (Lipinski definition) is 0. The van der Waals surface area contributed by atoms with Gasteiger partial charge in [-0.25, -0.2) is 0 Å². The predicted molar refractivity (Wildman–Crippen MR) is 61.7 cm³/mol. The van der Waals surface area contributed by atoms with Crippen molar-refractivity contribution >= 4 is 0 Å². The Morgan fingerprint density at radius 2 is 1.73 bits per heavy atom. The molecule has 0 aliphatic rings. The first-order valence-corrected chi connectivity index (χ1v) is 5.04. The third-order valence-corrected chi connectivity index (χ3v) is 2.56. The summed E-state index contributed by atoms with van der Waals surface area (Å²) >= 11 is 0. The molecule has 0 amide bonds. The Hall–Kier alpha value is -1.70. The highest BCUT2D eigenvalue weighted by Gasteiger charge is 2.01. The highest BCUT2D eigenvalue weighted by Crippen LogP contribution is 2.17. The van der Waals surface area contributed by atoms with Crippen LogP contribution in [0.25, 0.3) is 11.3 Å². The van der Waals surface area contributed by atoms with Crippen LogP contribution in [0, 0.1) is 20.8 Å². The van der Waals surface area contributed by atoms with Crippen LogP contribution in [-0.4, -0.2) is 9.97 Å². The van der Waals surface area contributed by atoms with E-state index in [-0.39, 0.29) is 0 Å². The molecule has 2 nitrogen and oxygen atoms in total. The van der Waals surface area contributed by atoms with E-state index in [1.807, 2.05) is 32.2 Å². The fraction of sp³-hybridized carbons (Fsp3) is 0.231. The molecule has 0 saturated carbocycles. The second-order valence-corrected chi connectivity index (χ2v) is 3.79. The molecule has 2 heterocycles. The van der Waals surface area contributed by atoms with Crippen LogP contribution in [0.5, 0.6) is 0 Å². The minimum atomic E-state index is 0.991. The summed E-state index contributed by atoms with van der Waals surface area (Å²) in [6.07, 6.45) is 1.87. The molecule has 0 fully saturated rings. The van der Waals surface area contributed by atoms with Gasteiger partial charge in [0.2, 0.25) is 0 Å². The molecule has 2 aromatic heterocycles. The van der Waals surface area contributed by atoms with Gasteiger partial charge in [-0.05, 0) is 44.5 Å². The van der Waals surface area contributed by atoms with Crippen molar-refractivity contribution in [1.82, 2.24) is 9.97 Å². The van der Waals surface area contributed by atoms with E-state index in [1.165, 1.54) is 5.56 Å². The first-order valence-electron chi connectivity index (χ1n) is 5.04. The van der Waals surface area contributed by atoms with E-state index in [9.17, 15) is 0 Å². The molecule has 2 rings (SSSR count). The number of nitrogens with zero attached hydrogens (tertiary/aromatic N) is 2. The van der Waals surface area contributed by atoms with Crippen molar-refractivity contribution in [2.45, 2.75) is 20.8 Å². The molecule has 0 N–H and O–H groups in total. The largest absolute Gasteiger partial charge is 0.261 e. The van der Waals surface area contributed by atoms with Crippen molar-refractivity contribution in [2.24, 2.45) is 0 Å². The molecule has 2 heteroatoms. The van der Waals surface area contributed by atoms with Crippen molar-refractivity contribution < 1.29 is 0 Å². The zero-order valence-electron chi connectivity index (χ0n) is 9.28. The minimum Gasteiger partial charge on any atom is -0.261 e. The summed E-state index contributed by atoms with van der Waals surface area (Å²) in [7, 11) is 0. The zero-order valence-corrected chi connectivity index (χ0v) is 9.28. The van der Waals surface area contributed by atoms with E-state index in [0.29, 0.717) is 0 Å². The van der Waals surface area contributed by atoms with E-state index < -0.39 is 0 Å². The molecule has 0 atom stereocenters. The number of pyridine rings is 2. The molecule has 2 aromatic rings. The molecule has 15 heavy (non-hydrogen) atoms. The van der Waals surface area contributed by atoms with E-state index in [1.54, 1.807) is 0 Å². The van der Waals surface area contributed by atoms with Crippen LogP contribution < -0.4 is 0 Å². The Kier molecular flexibility index (Phi) is 2.50. The van der Waals surface area contributed by atoms with E-state index in [0.717, 1.165) is 22.6 Å². The monoisotopic (exact) mass is 198 g/mol. The lowest BCUT2D eigenvalue weighted by atomic mass is 10.1. The Morgan fingerprint density at radius 1 is 0.933 bits per heavy atom. The summed E-state index contributed by atoms with van der Waals surface area (Å²) < 4.78 is 0. The molecule has 0 aliphatic heterocycles. The Labute approximate surface area is 90.0 Å². The average molecular weight is 198 g/mol. The Bertz CT molecular complexity index is 472. The smallest absolute Gasteiger partial charge is 0.0720 e. The minimum absolute atomic E-state index is 0.991. The van der Waals surface area contributed by atoms with Gasteiger partial charge in [0.15, 0.2) is 0 Å². The lowest BCUT2D eigenvalue weighted by molar-refractivity contribution is 1.14. The molecule has 0 bridgehead atoms. The highest BCUT2D eigenvalue weighted by atomic mass is 14.7. The van der Waals surface area contributed by atoms with Gasteiger partial charge in [-0.15, -0.1) is 0 Å². The number of aryl methyl sites for hydroxylation is 3. The highest BCUT2D eigenvalue weighted by molar-refractivity contribution is 5.58. The van der Waals surface area contributed by atoms with Crippen LogP contribution in [0.3, 0.4) is 0 Å². The summed E-state index contributed by atoms with van der Waals surface area (Å²) in [5, 5.41) is 0. The van der Waals surface area contributed by atoms with Gasteiger partial charge in [0, 0.05) is 23.1 Å². The SMILES string of the molecule is Cc1ccc(-c2ccc(C)c(C)n2)cn1. The van der Waals surface area contributed by atoms with E-state index in [4.69, 9.17) is 0 Å². The third kappa shape index (κ3) is 2.04. The second kappa shape index (κ2) is 3.81. The van der Waals surface area contributed by atoms with E-state index in [2.05, 4.69) is 29.0 Å². The summed E-state index contributed by atoms with van der Waals surface area (Å²) in [5.74, 6) is 0. The maximum atomic E-state index is 4.53. The Balaban J connectivity index is 2.45. The molecule has 0 radical (unpaired) electrons. The van der Waals surface area contributed by atoms with Gasteiger partial charge < -0.3 is 0 Å². The third-order valence-electron chi connectivity index (χ3n) is 2.56. The van der Waals surface area contributed by atoms with Gasteiger partial charge in [0.25, 0.3) is 0 Å². The van der Waals surface area contributed by atoms with Crippen molar-refractivity contribution in [3.63, 3.8) is 0 Å². The first-order chi connectivity index (χ1) is 7.16. The number of hydrogen-bond acceptors (Lipinski definition) is 2. The van der Waals surface area contributed by atoms with Crippen LogP contribution in [0.1, 0.15) is 17.0 Å². The fourth-order valence-corrected chi connectivity index (χ4v) is 1.41. The molecular formula is C13H14N2. The van der Waals surface area contributed by atoms with Crippen LogP contribution in [0.15, 0.2) is 30.5 Å². The molecule has 76 valence electrons. The molecular weight excluding hydrogens is 184 g/mol. The molecule has 0 aromatic carbocycles. The molecule has 0 aliphatic carbocycles. The van der Waals surface area contributed by atoms with Crippen LogP contribution in [-0.2, 0) is 0 Å². The standard InChI is InChI=1S/C13H14N2/c1-9-4-7-13(15-11(9)3)12-6-5-10(2)14-8-12/h4-8H,1-3H3. The topological polar surface area (TPSA) is 25.8 Å². The van der Waals surface area contributed by atoms with Crippen LogP contribution in [0.4, 0.5) is 0 Å². The van der Waals surface area contributed by atoms with Crippen molar-refractivity contribution in [2.75, 3.05) is 0 Å². The van der Waals surface area contributed by atoms with Crippen molar-refractivity contribution in [3.8, 4) is 11.3 Å². The summed E-state index contributed by atoms with van der Waals surface area (Å²) in [5.41, 5.74) is 5.39. The van der Waals surface area contributed by atoms with E-state index >= 15 is 0 Å². The van der Waals surface area contributed by atoms with Gasteiger partial charge in [0.1, 0.15) is 0 Å². The number of rotatable bonds is 1. The van der Waals surface area contributed by atoms with Gasteiger partial charge in [-0.1, -0.05) is 6.07 Å². The average Bonchev–Trinajstić information content (AvgIpc) is 2.23. The van der Waals surface area contributed by atoms with Crippen molar-refractivity contribution in [1.29, 1.82) is 0 Å².